The van der Waals surface area contributed by atoms with Gasteiger partial charge in [-0.3, -0.25) is 0 Å². The molecule has 0 aliphatic carbocycles. The van der Waals surface area contributed by atoms with Gasteiger partial charge < -0.3 is 14.2 Å². The number of aryl methyl sites for hydroxylation is 2. The summed E-state index contributed by atoms with van der Waals surface area (Å²) in [7, 11) is 0. The third kappa shape index (κ3) is 5.46. The van der Waals surface area contributed by atoms with E-state index in [1.807, 2.05) is 13.8 Å². The highest BCUT2D eigenvalue weighted by molar-refractivity contribution is 6.34. The SMILES string of the molecule is Cc1ccc(C(=O)OCOCOC(=O)c2ccc(C)cc2Cl)c(Cl)c1. The second-order valence-corrected chi connectivity index (χ2v) is 6.08. The fourth-order valence-corrected chi connectivity index (χ4v) is 2.58. The molecule has 0 bridgehead atoms. The third-order valence-corrected chi connectivity index (χ3v) is 3.86. The maximum Gasteiger partial charge on any atom is 0.341 e. The number of halogens is 2. The van der Waals surface area contributed by atoms with Crippen molar-refractivity contribution in [1.82, 2.24) is 0 Å². The predicted octanol–water partition coefficient (Wildman–Crippen LogP) is 4.56. The van der Waals surface area contributed by atoms with Crippen LogP contribution in [-0.4, -0.2) is 25.5 Å². The lowest BCUT2D eigenvalue weighted by Crippen LogP contribution is -2.14. The van der Waals surface area contributed by atoms with Crippen molar-refractivity contribution in [2.24, 2.45) is 0 Å². The second-order valence-electron chi connectivity index (χ2n) is 5.27. The van der Waals surface area contributed by atoms with Crippen molar-refractivity contribution < 1.29 is 23.8 Å². The molecule has 0 fully saturated rings. The first-order chi connectivity index (χ1) is 11.9. The number of carbonyl (C=O) groups excluding carboxylic acids is 2. The predicted molar refractivity (Wildman–Crippen MR) is 94.0 cm³/mol. The summed E-state index contributed by atoms with van der Waals surface area (Å²) in [4.78, 5) is 23.7. The fourth-order valence-electron chi connectivity index (χ4n) is 1.95. The Morgan fingerprint density at radius 3 is 1.56 bits per heavy atom. The fraction of sp³-hybridized carbons (Fsp3) is 0.222. The lowest BCUT2D eigenvalue weighted by Gasteiger charge is -2.09. The van der Waals surface area contributed by atoms with Gasteiger partial charge in [-0.25, -0.2) is 9.59 Å². The lowest BCUT2D eigenvalue weighted by molar-refractivity contribution is -0.0931. The molecule has 2 rings (SSSR count). The van der Waals surface area contributed by atoms with E-state index in [-0.39, 0.29) is 24.7 Å². The van der Waals surface area contributed by atoms with Crippen molar-refractivity contribution >= 4 is 35.1 Å². The van der Waals surface area contributed by atoms with Crippen molar-refractivity contribution in [2.45, 2.75) is 13.8 Å². The summed E-state index contributed by atoms with van der Waals surface area (Å²) in [6, 6.07) is 9.95. The van der Waals surface area contributed by atoms with Crippen molar-refractivity contribution in [3.8, 4) is 0 Å². The zero-order valence-electron chi connectivity index (χ0n) is 13.7. The summed E-state index contributed by atoms with van der Waals surface area (Å²) < 4.78 is 14.8. The minimum atomic E-state index is -0.627. The van der Waals surface area contributed by atoms with E-state index in [4.69, 9.17) is 37.4 Å². The van der Waals surface area contributed by atoms with E-state index in [1.54, 1.807) is 36.4 Å². The van der Waals surface area contributed by atoms with Crippen LogP contribution in [0.4, 0.5) is 0 Å². The van der Waals surface area contributed by atoms with Gasteiger partial charge in [-0.15, -0.1) is 0 Å². The molecule has 7 heteroatoms. The molecule has 0 radical (unpaired) electrons. The molecule has 0 saturated carbocycles. The summed E-state index contributed by atoms with van der Waals surface area (Å²) in [5.41, 5.74) is 2.33. The van der Waals surface area contributed by atoms with Crippen LogP contribution in [0.5, 0.6) is 0 Å². The Labute approximate surface area is 155 Å². The zero-order chi connectivity index (χ0) is 18.4. The maximum atomic E-state index is 11.9. The smallest absolute Gasteiger partial charge is 0.341 e. The van der Waals surface area contributed by atoms with Gasteiger partial charge in [0.05, 0.1) is 21.2 Å². The summed E-state index contributed by atoms with van der Waals surface area (Å²) in [5.74, 6) is -1.25. The molecule has 0 aliphatic rings. The van der Waals surface area contributed by atoms with E-state index < -0.39 is 11.9 Å². The average molecular weight is 383 g/mol. The molecular weight excluding hydrogens is 367 g/mol. The number of benzene rings is 2. The highest BCUT2D eigenvalue weighted by atomic mass is 35.5. The van der Waals surface area contributed by atoms with Crippen LogP contribution in [0.3, 0.4) is 0 Å². The van der Waals surface area contributed by atoms with Crippen LogP contribution in [0.25, 0.3) is 0 Å². The molecule has 132 valence electrons. The van der Waals surface area contributed by atoms with E-state index in [2.05, 4.69) is 0 Å². The van der Waals surface area contributed by atoms with Crippen LogP contribution >= 0.6 is 23.2 Å². The molecule has 2 aromatic rings. The van der Waals surface area contributed by atoms with Gasteiger partial charge in [0.1, 0.15) is 0 Å². The summed E-state index contributed by atoms with van der Waals surface area (Å²) in [6.45, 7) is 2.97. The van der Waals surface area contributed by atoms with Crippen LogP contribution in [0, 0.1) is 13.8 Å². The number of rotatable bonds is 6. The number of hydrogen-bond donors (Lipinski definition) is 0. The van der Waals surface area contributed by atoms with E-state index in [1.165, 1.54) is 0 Å². The van der Waals surface area contributed by atoms with E-state index in [9.17, 15) is 9.59 Å². The molecule has 0 spiro atoms. The Kier molecular flexibility index (Phi) is 6.82. The molecule has 0 aliphatic heterocycles. The molecule has 5 nitrogen and oxygen atoms in total. The van der Waals surface area contributed by atoms with Crippen LogP contribution in [-0.2, 0) is 14.2 Å². The number of ether oxygens (including phenoxy) is 3. The summed E-state index contributed by atoms with van der Waals surface area (Å²) in [6.07, 6.45) is 0. The first kappa shape index (κ1) is 19.2. The van der Waals surface area contributed by atoms with Crippen LogP contribution < -0.4 is 0 Å². The molecule has 25 heavy (non-hydrogen) atoms. The topological polar surface area (TPSA) is 61.8 Å². The largest absolute Gasteiger partial charge is 0.435 e. The number of hydrogen-bond acceptors (Lipinski definition) is 5. The van der Waals surface area contributed by atoms with Crippen LogP contribution in [0.15, 0.2) is 36.4 Å². The van der Waals surface area contributed by atoms with Gasteiger partial charge in [0.15, 0.2) is 13.6 Å². The number of esters is 2. The van der Waals surface area contributed by atoms with E-state index in [0.717, 1.165) is 11.1 Å². The van der Waals surface area contributed by atoms with E-state index in [0.29, 0.717) is 10.0 Å². The van der Waals surface area contributed by atoms with Gasteiger partial charge in [-0.2, -0.15) is 0 Å². The third-order valence-electron chi connectivity index (χ3n) is 3.24. The van der Waals surface area contributed by atoms with Gasteiger partial charge in [-0.1, -0.05) is 35.3 Å². The van der Waals surface area contributed by atoms with Crippen LogP contribution in [0.2, 0.25) is 10.0 Å². The molecule has 2 aromatic carbocycles. The Balaban J connectivity index is 1.76. The standard InChI is InChI=1S/C18H16Cl2O5/c1-11-3-5-13(15(19)7-11)17(21)24-9-23-10-25-18(22)14-6-4-12(2)8-16(14)20/h3-8H,9-10H2,1-2H3. The van der Waals surface area contributed by atoms with E-state index >= 15 is 0 Å². The molecule has 0 atom stereocenters. The van der Waals surface area contributed by atoms with Gasteiger partial charge in [0.2, 0.25) is 0 Å². The zero-order valence-corrected chi connectivity index (χ0v) is 15.2. The van der Waals surface area contributed by atoms with Crippen molar-refractivity contribution in [1.29, 1.82) is 0 Å². The minimum absolute atomic E-state index is 0.235. The number of carbonyl (C=O) groups is 2. The maximum absolute atomic E-state index is 11.9. The van der Waals surface area contributed by atoms with Gasteiger partial charge in [0.25, 0.3) is 0 Å². The Hall–Kier alpha value is -2.08. The van der Waals surface area contributed by atoms with Crippen molar-refractivity contribution in [2.75, 3.05) is 13.6 Å². The Bertz CT molecular complexity index is 724. The monoisotopic (exact) mass is 382 g/mol. The quantitative estimate of drug-likeness (QED) is 0.416. The average Bonchev–Trinajstić information content (AvgIpc) is 2.54. The first-order valence-electron chi connectivity index (χ1n) is 7.33. The molecular formula is C18H16Cl2O5. The molecule has 0 N–H and O–H groups in total. The highest BCUT2D eigenvalue weighted by Gasteiger charge is 2.13. The summed E-state index contributed by atoms with van der Waals surface area (Å²) >= 11 is 12.0. The molecule has 0 amide bonds. The Morgan fingerprint density at radius 2 is 1.20 bits per heavy atom. The summed E-state index contributed by atoms with van der Waals surface area (Å²) in [5, 5.41) is 0.593. The second kappa shape index (κ2) is 8.85. The Morgan fingerprint density at radius 1 is 0.800 bits per heavy atom. The lowest BCUT2D eigenvalue weighted by atomic mass is 10.1. The normalized spacial score (nSPS) is 10.4. The first-order valence-corrected chi connectivity index (χ1v) is 8.08. The van der Waals surface area contributed by atoms with Gasteiger partial charge >= 0.3 is 11.9 Å². The molecule has 0 unspecified atom stereocenters. The molecule has 0 saturated heterocycles. The highest BCUT2D eigenvalue weighted by Crippen LogP contribution is 2.19. The van der Waals surface area contributed by atoms with Crippen molar-refractivity contribution in [3.63, 3.8) is 0 Å². The van der Waals surface area contributed by atoms with Crippen LogP contribution in [0.1, 0.15) is 31.8 Å². The van der Waals surface area contributed by atoms with Crippen molar-refractivity contribution in [3.05, 3.63) is 68.7 Å². The molecule has 0 heterocycles. The minimum Gasteiger partial charge on any atom is -0.435 e. The molecule has 0 aromatic heterocycles. The van der Waals surface area contributed by atoms with Gasteiger partial charge in [0, 0.05) is 0 Å². The van der Waals surface area contributed by atoms with Gasteiger partial charge in [-0.05, 0) is 49.2 Å².